The molecule has 1 saturated heterocycles. The molecule has 0 spiro atoms. The van der Waals surface area contributed by atoms with E-state index in [0.29, 0.717) is 20.8 Å². The topological polar surface area (TPSA) is 85.6 Å². The molecule has 3 heterocycles. The van der Waals surface area contributed by atoms with Crippen LogP contribution >= 0.6 is 34.5 Å². The van der Waals surface area contributed by atoms with E-state index in [2.05, 4.69) is 4.98 Å². The second kappa shape index (κ2) is 7.54. The smallest absolute Gasteiger partial charge is 0.272 e. The Morgan fingerprint density at radius 3 is 2.54 bits per heavy atom. The zero-order valence-corrected chi connectivity index (χ0v) is 16.7. The monoisotopic (exact) mass is 437 g/mol. The van der Waals surface area contributed by atoms with Gasteiger partial charge in [0.1, 0.15) is 5.75 Å². The van der Waals surface area contributed by atoms with E-state index < -0.39 is 4.92 Å². The van der Waals surface area contributed by atoms with E-state index in [4.69, 9.17) is 27.9 Å². The minimum absolute atomic E-state index is 0.0159. The number of thiophene rings is 1. The van der Waals surface area contributed by atoms with Crippen LogP contribution in [0.5, 0.6) is 11.5 Å². The van der Waals surface area contributed by atoms with Crippen LogP contribution in [0.3, 0.4) is 0 Å². The van der Waals surface area contributed by atoms with Gasteiger partial charge in [0.15, 0.2) is 5.75 Å². The number of ether oxygens (including phenoxy) is 1. The number of amides is 1. The van der Waals surface area contributed by atoms with Crippen molar-refractivity contribution in [2.75, 3.05) is 13.1 Å². The summed E-state index contributed by atoms with van der Waals surface area (Å²) in [4.78, 5) is 29.7. The van der Waals surface area contributed by atoms with Gasteiger partial charge in [0.2, 0.25) is 0 Å². The molecule has 4 rings (SSSR count). The van der Waals surface area contributed by atoms with Crippen molar-refractivity contribution in [2.45, 2.75) is 12.8 Å². The molecule has 28 heavy (non-hydrogen) atoms. The van der Waals surface area contributed by atoms with Gasteiger partial charge in [0, 0.05) is 37.5 Å². The van der Waals surface area contributed by atoms with Crippen molar-refractivity contribution in [1.29, 1.82) is 0 Å². The minimum atomic E-state index is -0.582. The van der Waals surface area contributed by atoms with Gasteiger partial charge in [-0.15, -0.1) is 11.3 Å². The van der Waals surface area contributed by atoms with Crippen LogP contribution in [0.15, 0.2) is 30.5 Å². The van der Waals surface area contributed by atoms with Crippen LogP contribution in [0.2, 0.25) is 10.0 Å². The number of hydrogen-bond acceptors (Lipinski definition) is 6. The molecule has 3 aromatic rings. The van der Waals surface area contributed by atoms with Gasteiger partial charge in [-0.25, -0.2) is 0 Å². The maximum atomic E-state index is 12.7. The Hall–Kier alpha value is -2.42. The molecule has 1 aromatic carbocycles. The molecule has 1 fully saturated rings. The van der Waals surface area contributed by atoms with E-state index in [1.54, 1.807) is 18.3 Å². The Bertz CT molecular complexity index is 1070. The zero-order valence-electron chi connectivity index (χ0n) is 14.4. The number of carbonyl (C=O) groups excluding carboxylic acids is 1. The number of nitro benzene ring substituents is 1. The van der Waals surface area contributed by atoms with Crippen LogP contribution in [0.1, 0.15) is 22.5 Å². The van der Waals surface area contributed by atoms with Gasteiger partial charge in [0.05, 0.1) is 30.1 Å². The third kappa shape index (κ3) is 3.50. The molecule has 0 saturated carbocycles. The number of likely N-dealkylation sites (tertiary alicyclic amines) is 1. The van der Waals surface area contributed by atoms with Gasteiger partial charge in [0.25, 0.3) is 11.6 Å². The molecule has 0 atom stereocenters. The summed E-state index contributed by atoms with van der Waals surface area (Å²) in [7, 11) is 0. The third-order valence-corrected chi connectivity index (χ3v) is 6.07. The first-order valence-corrected chi connectivity index (χ1v) is 10.0. The van der Waals surface area contributed by atoms with Crippen molar-refractivity contribution in [3.63, 3.8) is 0 Å². The summed E-state index contributed by atoms with van der Waals surface area (Å²) in [5, 5.41) is 11.0. The first kappa shape index (κ1) is 18.9. The van der Waals surface area contributed by atoms with E-state index in [9.17, 15) is 14.9 Å². The number of fused-ring (bicyclic) bond motifs is 1. The summed E-state index contributed by atoms with van der Waals surface area (Å²) in [5.74, 6) is 0.522. The summed E-state index contributed by atoms with van der Waals surface area (Å²) >= 11 is 13.6. The van der Waals surface area contributed by atoms with Crippen LogP contribution in [0.4, 0.5) is 5.69 Å². The van der Waals surface area contributed by atoms with Crippen molar-refractivity contribution in [1.82, 2.24) is 9.88 Å². The number of nitro groups is 1. The number of benzene rings is 1. The highest BCUT2D eigenvalue weighted by molar-refractivity contribution is 7.21. The van der Waals surface area contributed by atoms with E-state index in [0.717, 1.165) is 25.9 Å². The largest absolute Gasteiger partial charge is 0.453 e. The Kier molecular flexibility index (Phi) is 5.09. The van der Waals surface area contributed by atoms with Crippen molar-refractivity contribution >= 4 is 56.3 Å². The van der Waals surface area contributed by atoms with E-state index in [-0.39, 0.29) is 27.4 Å². The summed E-state index contributed by atoms with van der Waals surface area (Å²) in [6.45, 7) is 1.52. The quantitative estimate of drug-likeness (QED) is 0.394. The fraction of sp³-hybridized carbons (Fsp3) is 0.222. The average molecular weight is 438 g/mol. The number of carbonyl (C=O) groups is 1. The number of rotatable bonds is 4. The average Bonchev–Trinajstić information content (AvgIpc) is 3.33. The first-order chi connectivity index (χ1) is 13.4. The highest BCUT2D eigenvalue weighted by atomic mass is 35.5. The molecule has 2 aromatic heterocycles. The molecule has 1 amide bonds. The van der Waals surface area contributed by atoms with Crippen LogP contribution in [0.25, 0.3) is 10.2 Å². The number of halogens is 2. The zero-order chi connectivity index (χ0) is 19.8. The Labute approximate surface area is 173 Å². The Morgan fingerprint density at radius 1 is 1.21 bits per heavy atom. The molecule has 144 valence electrons. The highest BCUT2D eigenvalue weighted by Crippen LogP contribution is 2.42. The third-order valence-electron chi connectivity index (χ3n) is 4.39. The number of non-ortho nitro benzene ring substituents is 1. The van der Waals surface area contributed by atoms with Crippen LogP contribution < -0.4 is 4.74 Å². The van der Waals surface area contributed by atoms with Gasteiger partial charge in [-0.3, -0.25) is 19.9 Å². The lowest BCUT2D eigenvalue weighted by Gasteiger charge is -2.13. The predicted octanol–water partition coefficient (Wildman–Crippen LogP) is 5.54. The molecule has 7 nitrogen and oxygen atoms in total. The minimum Gasteiger partial charge on any atom is -0.453 e. The maximum absolute atomic E-state index is 12.7. The standard InChI is InChI=1S/C18H13Cl2N3O4S/c19-11-7-10(23(25)26)8-12(20)16(11)27-14-3-4-21-13-9-15(28-17(13)14)18(24)22-5-1-2-6-22/h3-4,7-9H,1-2,5-6H2. The van der Waals surface area contributed by atoms with Crippen molar-refractivity contribution in [3.8, 4) is 11.5 Å². The lowest BCUT2D eigenvalue weighted by molar-refractivity contribution is -0.384. The molecule has 1 aliphatic rings. The number of nitrogens with zero attached hydrogens (tertiary/aromatic N) is 3. The Morgan fingerprint density at radius 2 is 1.89 bits per heavy atom. The fourth-order valence-corrected chi connectivity index (χ4v) is 4.62. The second-order valence-electron chi connectivity index (χ2n) is 6.23. The number of aromatic nitrogens is 1. The molecule has 0 aliphatic carbocycles. The van der Waals surface area contributed by atoms with Gasteiger partial charge >= 0.3 is 0 Å². The normalized spacial score (nSPS) is 13.9. The van der Waals surface area contributed by atoms with Crippen LogP contribution in [0, 0.1) is 10.1 Å². The highest BCUT2D eigenvalue weighted by Gasteiger charge is 2.23. The molecule has 0 unspecified atom stereocenters. The Balaban J connectivity index is 1.70. The fourth-order valence-electron chi connectivity index (χ4n) is 3.04. The molecule has 10 heteroatoms. The first-order valence-electron chi connectivity index (χ1n) is 8.43. The van der Waals surface area contributed by atoms with E-state index in [1.807, 2.05) is 4.90 Å². The van der Waals surface area contributed by atoms with E-state index in [1.165, 1.54) is 23.5 Å². The lowest BCUT2D eigenvalue weighted by Crippen LogP contribution is -2.26. The van der Waals surface area contributed by atoms with Gasteiger partial charge in [-0.1, -0.05) is 23.2 Å². The summed E-state index contributed by atoms with van der Waals surface area (Å²) in [6.07, 6.45) is 3.59. The number of pyridine rings is 1. The molecule has 0 N–H and O–H groups in total. The molecule has 1 aliphatic heterocycles. The molecule has 0 bridgehead atoms. The van der Waals surface area contributed by atoms with E-state index >= 15 is 0 Å². The van der Waals surface area contributed by atoms with Gasteiger partial charge in [-0.05, 0) is 18.9 Å². The maximum Gasteiger partial charge on any atom is 0.272 e. The lowest BCUT2D eigenvalue weighted by atomic mass is 10.3. The van der Waals surface area contributed by atoms with Crippen molar-refractivity contribution in [3.05, 3.63) is 55.5 Å². The van der Waals surface area contributed by atoms with Crippen LogP contribution in [-0.2, 0) is 0 Å². The van der Waals surface area contributed by atoms with Crippen molar-refractivity contribution < 1.29 is 14.5 Å². The SMILES string of the molecule is O=C(c1cc2nccc(Oc3c(Cl)cc([N+](=O)[O-])cc3Cl)c2s1)N1CCCC1. The van der Waals surface area contributed by atoms with Crippen LogP contribution in [-0.4, -0.2) is 33.8 Å². The van der Waals surface area contributed by atoms with Gasteiger partial charge < -0.3 is 9.64 Å². The number of hydrogen-bond donors (Lipinski definition) is 0. The molecular weight excluding hydrogens is 425 g/mol. The molecular formula is C18H13Cl2N3O4S. The second-order valence-corrected chi connectivity index (χ2v) is 8.10. The summed E-state index contributed by atoms with van der Waals surface area (Å²) in [6, 6.07) is 5.74. The summed E-state index contributed by atoms with van der Waals surface area (Å²) in [5.41, 5.74) is 0.399. The predicted molar refractivity (Wildman–Crippen MR) is 108 cm³/mol. The van der Waals surface area contributed by atoms with Crippen molar-refractivity contribution in [2.24, 2.45) is 0 Å². The summed E-state index contributed by atoms with van der Waals surface area (Å²) < 4.78 is 6.54. The molecule has 0 radical (unpaired) electrons. The van der Waals surface area contributed by atoms with Gasteiger partial charge in [-0.2, -0.15) is 0 Å².